The molecule has 27 heavy (non-hydrogen) atoms. The third kappa shape index (κ3) is 4.19. The van der Waals surface area contributed by atoms with Gasteiger partial charge in [0, 0.05) is 20.1 Å². The molecule has 1 saturated heterocycles. The molecular weight excluding hydrogens is 364 g/mol. The van der Waals surface area contributed by atoms with Crippen LogP contribution in [0, 0.1) is 0 Å². The molecule has 0 spiro atoms. The van der Waals surface area contributed by atoms with Gasteiger partial charge < -0.3 is 14.5 Å². The lowest BCUT2D eigenvalue weighted by molar-refractivity contribution is -0.134. The van der Waals surface area contributed by atoms with Crippen LogP contribution in [0.1, 0.15) is 38.4 Å². The Morgan fingerprint density at radius 2 is 1.96 bits per heavy atom. The van der Waals surface area contributed by atoms with Crippen molar-refractivity contribution < 1.29 is 19.1 Å². The van der Waals surface area contributed by atoms with E-state index in [4.69, 9.17) is 0 Å². The van der Waals surface area contributed by atoms with Gasteiger partial charge in [-0.2, -0.15) is 0 Å². The Kier molecular flexibility index (Phi) is 5.91. The number of benzene rings is 1. The summed E-state index contributed by atoms with van der Waals surface area (Å²) in [4.78, 5) is 41.1. The van der Waals surface area contributed by atoms with Crippen molar-refractivity contribution in [2.75, 3.05) is 20.7 Å². The summed E-state index contributed by atoms with van der Waals surface area (Å²) in [6, 6.07) is 10.2. The molecule has 3 rings (SSSR count). The van der Waals surface area contributed by atoms with Crippen LogP contribution in [-0.2, 0) is 16.1 Å². The fraction of sp³-hybridized carbons (Fsp3) is 0.350. The molecule has 1 unspecified atom stereocenters. The number of carbonyl (C=O) groups excluding carboxylic acids is 3. The second kappa shape index (κ2) is 8.35. The molecule has 0 radical (unpaired) electrons. The van der Waals surface area contributed by atoms with Gasteiger partial charge in [-0.25, -0.2) is 4.79 Å². The zero-order chi connectivity index (χ0) is 19.4. The number of carbonyl (C=O) groups is 3. The van der Waals surface area contributed by atoms with Gasteiger partial charge in [0.2, 0.25) is 5.91 Å². The zero-order valence-corrected chi connectivity index (χ0v) is 16.2. The van der Waals surface area contributed by atoms with Gasteiger partial charge in [-0.05, 0) is 42.0 Å². The summed E-state index contributed by atoms with van der Waals surface area (Å²) in [7, 11) is 3.08. The Bertz CT molecular complexity index is 817. The predicted molar refractivity (Wildman–Crippen MR) is 103 cm³/mol. The molecule has 142 valence electrons. The van der Waals surface area contributed by atoms with Crippen molar-refractivity contribution in [1.82, 2.24) is 9.80 Å². The molecule has 1 aromatic carbocycles. The van der Waals surface area contributed by atoms with E-state index in [0.29, 0.717) is 30.0 Å². The minimum atomic E-state index is -0.418. The highest BCUT2D eigenvalue weighted by atomic mass is 32.1. The highest BCUT2D eigenvalue weighted by Gasteiger charge is 2.36. The van der Waals surface area contributed by atoms with Gasteiger partial charge in [0.05, 0.1) is 17.6 Å². The van der Waals surface area contributed by atoms with Crippen LogP contribution in [0.2, 0.25) is 0 Å². The molecule has 2 aromatic rings. The van der Waals surface area contributed by atoms with Crippen LogP contribution < -0.4 is 0 Å². The lowest BCUT2D eigenvalue weighted by atomic mass is 10.1. The quantitative estimate of drug-likeness (QED) is 0.741. The Labute approximate surface area is 162 Å². The number of rotatable bonds is 5. The highest BCUT2D eigenvalue weighted by molar-refractivity contribution is 7.12. The number of hydrogen-bond donors (Lipinski definition) is 0. The molecule has 1 aliphatic heterocycles. The van der Waals surface area contributed by atoms with Crippen molar-refractivity contribution in [2.24, 2.45) is 0 Å². The largest absolute Gasteiger partial charge is 0.465 e. The van der Waals surface area contributed by atoms with E-state index in [1.807, 2.05) is 11.4 Å². The summed E-state index contributed by atoms with van der Waals surface area (Å²) in [6.07, 6.45) is 1.51. The molecule has 0 bridgehead atoms. The molecule has 0 saturated carbocycles. The molecule has 7 heteroatoms. The first-order valence-electron chi connectivity index (χ1n) is 8.78. The van der Waals surface area contributed by atoms with Crippen molar-refractivity contribution >= 4 is 29.1 Å². The topological polar surface area (TPSA) is 66.9 Å². The standard InChI is InChI=1S/C20H22N2O4S/c1-21(13-14-7-9-15(10-8-14)20(25)26-2)18(23)16-5-3-11-22(16)19(24)17-6-4-12-27-17/h4,6-10,12,16H,3,5,11,13H2,1-2H3. The molecular formula is C20H22N2O4S. The van der Waals surface area contributed by atoms with Crippen molar-refractivity contribution in [2.45, 2.75) is 25.4 Å². The summed E-state index contributed by atoms with van der Waals surface area (Å²) >= 11 is 1.39. The van der Waals surface area contributed by atoms with Gasteiger partial charge in [0.15, 0.2) is 0 Å². The lowest BCUT2D eigenvalue weighted by Gasteiger charge is -2.28. The van der Waals surface area contributed by atoms with Crippen LogP contribution in [0.4, 0.5) is 0 Å². The average Bonchev–Trinajstić information content (AvgIpc) is 3.38. The zero-order valence-electron chi connectivity index (χ0n) is 15.4. The molecule has 0 N–H and O–H groups in total. The molecule has 2 heterocycles. The highest BCUT2D eigenvalue weighted by Crippen LogP contribution is 2.24. The van der Waals surface area contributed by atoms with Crippen molar-refractivity contribution in [3.05, 3.63) is 57.8 Å². The van der Waals surface area contributed by atoms with E-state index in [-0.39, 0.29) is 17.8 Å². The van der Waals surface area contributed by atoms with Crippen LogP contribution >= 0.6 is 11.3 Å². The van der Waals surface area contributed by atoms with E-state index < -0.39 is 6.04 Å². The molecule has 1 aliphatic rings. The van der Waals surface area contributed by atoms with Gasteiger partial charge in [0.1, 0.15) is 6.04 Å². The van der Waals surface area contributed by atoms with E-state index in [9.17, 15) is 14.4 Å². The summed E-state index contributed by atoms with van der Waals surface area (Å²) in [6.45, 7) is 1.02. The van der Waals surface area contributed by atoms with Gasteiger partial charge in [0.25, 0.3) is 5.91 Å². The first-order chi connectivity index (χ1) is 13.0. The van der Waals surface area contributed by atoms with Gasteiger partial charge in [-0.15, -0.1) is 11.3 Å². The molecule has 2 amide bonds. The second-order valence-electron chi connectivity index (χ2n) is 6.52. The predicted octanol–water partition coefficient (Wildman–Crippen LogP) is 2.80. The molecule has 0 aliphatic carbocycles. The first kappa shape index (κ1) is 19.1. The molecule has 1 aromatic heterocycles. The van der Waals surface area contributed by atoms with E-state index in [0.717, 1.165) is 12.0 Å². The van der Waals surface area contributed by atoms with E-state index in [1.54, 1.807) is 47.2 Å². The number of hydrogen-bond acceptors (Lipinski definition) is 5. The number of ether oxygens (including phenoxy) is 1. The summed E-state index contributed by atoms with van der Waals surface area (Å²) in [5.74, 6) is -0.522. The minimum Gasteiger partial charge on any atom is -0.465 e. The van der Waals surface area contributed by atoms with E-state index >= 15 is 0 Å². The molecule has 1 fully saturated rings. The van der Waals surface area contributed by atoms with Crippen molar-refractivity contribution in [1.29, 1.82) is 0 Å². The second-order valence-corrected chi connectivity index (χ2v) is 7.46. The number of amides is 2. The van der Waals surface area contributed by atoms with Crippen LogP contribution in [-0.4, -0.2) is 54.3 Å². The van der Waals surface area contributed by atoms with Crippen molar-refractivity contribution in [3.8, 4) is 0 Å². The summed E-state index contributed by atoms with van der Waals surface area (Å²) in [5.41, 5.74) is 1.38. The first-order valence-corrected chi connectivity index (χ1v) is 9.66. The molecule has 1 atom stereocenters. The van der Waals surface area contributed by atoms with Gasteiger partial charge in [-0.1, -0.05) is 18.2 Å². The minimum absolute atomic E-state index is 0.0607. The fourth-order valence-electron chi connectivity index (χ4n) is 3.28. The maximum Gasteiger partial charge on any atom is 0.337 e. The van der Waals surface area contributed by atoms with E-state index in [1.165, 1.54) is 18.4 Å². The Hall–Kier alpha value is -2.67. The van der Waals surface area contributed by atoms with Crippen LogP contribution in [0.3, 0.4) is 0 Å². The maximum absolute atomic E-state index is 12.9. The number of methoxy groups -OCH3 is 1. The Balaban J connectivity index is 1.65. The SMILES string of the molecule is COC(=O)c1ccc(CN(C)C(=O)C2CCCN2C(=O)c2cccs2)cc1. The number of esters is 1. The smallest absolute Gasteiger partial charge is 0.337 e. The van der Waals surface area contributed by atoms with Crippen LogP contribution in [0.5, 0.6) is 0 Å². The van der Waals surface area contributed by atoms with E-state index in [2.05, 4.69) is 4.74 Å². The molecule has 6 nitrogen and oxygen atoms in total. The van der Waals surface area contributed by atoms with Gasteiger partial charge in [-0.3, -0.25) is 9.59 Å². The van der Waals surface area contributed by atoms with Crippen LogP contribution in [0.15, 0.2) is 41.8 Å². The third-order valence-electron chi connectivity index (χ3n) is 4.70. The van der Waals surface area contributed by atoms with Crippen molar-refractivity contribution in [3.63, 3.8) is 0 Å². The Morgan fingerprint density at radius 3 is 2.59 bits per heavy atom. The number of likely N-dealkylation sites (tertiary alicyclic amines) is 1. The third-order valence-corrected chi connectivity index (χ3v) is 5.56. The Morgan fingerprint density at radius 1 is 1.22 bits per heavy atom. The normalized spacial score (nSPS) is 16.2. The number of thiophene rings is 1. The lowest BCUT2D eigenvalue weighted by Crippen LogP contribution is -2.46. The van der Waals surface area contributed by atoms with Crippen LogP contribution in [0.25, 0.3) is 0 Å². The number of nitrogens with zero attached hydrogens (tertiary/aromatic N) is 2. The fourth-order valence-corrected chi connectivity index (χ4v) is 3.96. The summed E-state index contributed by atoms with van der Waals surface area (Å²) in [5, 5.41) is 1.87. The maximum atomic E-state index is 12.9. The van der Waals surface area contributed by atoms with Gasteiger partial charge >= 0.3 is 5.97 Å². The number of likely N-dealkylation sites (N-methyl/N-ethyl adjacent to an activating group) is 1. The monoisotopic (exact) mass is 386 g/mol. The summed E-state index contributed by atoms with van der Waals surface area (Å²) < 4.78 is 4.69. The average molecular weight is 386 g/mol.